The van der Waals surface area contributed by atoms with Crippen LogP contribution in [0.25, 0.3) is 3.58 Å². The predicted molar refractivity (Wildman–Crippen MR) is 90.2 cm³/mol. The lowest BCUT2D eigenvalue weighted by Crippen LogP contribution is -2.59. The van der Waals surface area contributed by atoms with E-state index >= 15 is 0 Å². The molecule has 2 aliphatic rings. The van der Waals surface area contributed by atoms with Crippen LogP contribution in [0.2, 0.25) is 0 Å². The summed E-state index contributed by atoms with van der Waals surface area (Å²) in [5.41, 5.74) is 0.587. The van der Waals surface area contributed by atoms with Gasteiger partial charge in [-0.1, -0.05) is 6.07 Å². The average molecular weight is 448 g/mol. The number of carboxylic acids is 1. The number of amides is 1. The van der Waals surface area contributed by atoms with E-state index in [1.807, 2.05) is 22.6 Å². The van der Waals surface area contributed by atoms with Crippen molar-refractivity contribution < 1.29 is 23.1 Å². The number of hydrogen-bond acceptors (Lipinski definition) is 5. The number of sulfone groups is 1. The number of nitrogens with zero attached hydrogens (tertiary/aromatic N) is 2. The van der Waals surface area contributed by atoms with Crippen molar-refractivity contribution in [1.29, 1.82) is 0 Å². The molecule has 7 nitrogen and oxygen atoms in total. The first-order chi connectivity index (χ1) is 10.6. The number of aromatic nitrogens is 1. The Morgan fingerprint density at radius 3 is 2.57 bits per heavy atom. The normalized spacial score (nSPS) is 29.7. The van der Waals surface area contributed by atoms with Gasteiger partial charge in [0.2, 0.25) is 0 Å². The third-order valence-electron chi connectivity index (χ3n) is 4.29. The van der Waals surface area contributed by atoms with E-state index in [0.29, 0.717) is 9.27 Å². The smallest absolute Gasteiger partial charge is 0.328 e. The van der Waals surface area contributed by atoms with E-state index in [0.717, 1.165) is 4.90 Å². The Morgan fingerprint density at radius 2 is 2.04 bits per heavy atom. The summed E-state index contributed by atoms with van der Waals surface area (Å²) in [4.78, 5) is 29.0. The number of rotatable bonds is 2. The topological polar surface area (TPSA) is 105 Å². The minimum Gasteiger partial charge on any atom is -0.480 e. The highest BCUT2D eigenvalue weighted by Crippen LogP contribution is 2.51. The minimum atomic E-state index is -3.86. The van der Waals surface area contributed by atoms with E-state index < -0.39 is 37.9 Å². The molecule has 2 atom stereocenters. The molecule has 1 aromatic rings. The maximum absolute atomic E-state index is 12.8. The first-order valence-electron chi connectivity index (χ1n) is 6.72. The molecule has 0 aromatic carbocycles. The number of β-lactam (4-membered cyclic amide) rings is 1. The fraction of sp³-hybridized carbons (Fsp3) is 0.357. The molecular weight excluding hydrogens is 435 g/mol. The average Bonchev–Trinajstić information content (AvgIpc) is 2.62. The van der Waals surface area contributed by atoms with Gasteiger partial charge in [-0.3, -0.25) is 9.78 Å². The lowest BCUT2D eigenvalue weighted by molar-refractivity contribution is -0.152. The summed E-state index contributed by atoms with van der Waals surface area (Å²) >= 11 is 1.89. The Balaban J connectivity index is 2.18. The van der Waals surface area contributed by atoms with Crippen molar-refractivity contribution in [3.05, 3.63) is 35.7 Å². The first-order valence-corrected chi connectivity index (χ1v) is 9.35. The number of aliphatic carboxylic acids is 1. The van der Waals surface area contributed by atoms with E-state index in [-0.39, 0.29) is 5.57 Å². The fourth-order valence-corrected chi connectivity index (χ4v) is 6.21. The standard InChI is InChI=1S/C14H13IN2O5S/c1-14(2)10(13(19)20)17-11(18)8(12(17)23(14,21)22)9(15)7-5-3-4-6-16-7/h3-6,10,12H,1-2H3,(H,19,20)/b9-8+/t10-,12?/m0/s1. The molecule has 2 fully saturated rings. The van der Waals surface area contributed by atoms with Crippen LogP contribution in [-0.4, -0.2) is 51.4 Å². The lowest BCUT2D eigenvalue weighted by Gasteiger charge is -2.38. The second-order valence-electron chi connectivity index (χ2n) is 5.90. The number of hydrogen-bond donors (Lipinski definition) is 1. The molecule has 3 rings (SSSR count). The van der Waals surface area contributed by atoms with Crippen LogP contribution in [0.15, 0.2) is 30.0 Å². The second-order valence-corrected chi connectivity index (χ2v) is 9.56. The molecule has 0 radical (unpaired) electrons. The molecule has 0 saturated carbocycles. The molecule has 2 saturated heterocycles. The molecule has 0 aliphatic carbocycles. The number of carbonyl (C=O) groups is 2. The molecule has 0 bridgehead atoms. The van der Waals surface area contributed by atoms with Crippen LogP contribution in [0, 0.1) is 0 Å². The summed E-state index contributed by atoms with van der Waals surface area (Å²) in [5.74, 6) is -1.88. The Labute approximate surface area is 146 Å². The number of halogens is 1. The van der Waals surface area contributed by atoms with Crippen LogP contribution in [0.3, 0.4) is 0 Å². The first kappa shape index (κ1) is 16.4. The fourth-order valence-electron chi connectivity index (χ4n) is 3.01. The van der Waals surface area contributed by atoms with Gasteiger partial charge in [0.05, 0.1) is 14.8 Å². The highest BCUT2D eigenvalue weighted by Gasteiger charge is 2.70. The van der Waals surface area contributed by atoms with Crippen molar-refractivity contribution in [2.24, 2.45) is 0 Å². The Bertz CT molecular complexity index is 847. The van der Waals surface area contributed by atoms with Crippen LogP contribution in [-0.2, 0) is 19.4 Å². The summed E-state index contributed by atoms with van der Waals surface area (Å²) in [6.07, 6.45) is 1.54. The van der Waals surface area contributed by atoms with E-state index in [1.165, 1.54) is 13.8 Å². The van der Waals surface area contributed by atoms with Crippen molar-refractivity contribution in [3.8, 4) is 0 Å². The summed E-state index contributed by atoms with van der Waals surface area (Å²) in [5, 5.41) is 8.15. The third kappa shape index (κ3) is 1.98. The lowest BCUT2D eigenvalue weighted by atomic mass is 9.95. The second kappa shape index (κ2) is 5.00. The zero-order valence-electron chi connectivity index (χ0n) is 12.2. The summed E-state index contributed by atoms with van der Waals surface area (Å²) < 4.78 is 24.4. The van der Waals surface area contributed by atoms with Gasteiger partial charge in [-0.15, -0.1) is 0 Å². The largest absolute Gasteiger partial charge is 0.480 e. The number of carboxylic acid groups (broad SMARTS) is 1. The third-order valence-corrected chi connectivity index (χ3v) is 8.16. The van der Waals surface area contributed by atoms with Crippen molar-refractivity contribution in [2.45, 2.75) is 30.0 Å². The van der Waals surface area contributed by atoms with Gasteiger partial charge < -0.3 is 10.0 Å². The van der Waals surface area contributed by atoms with Crippen LogP contribution >= 0.6 is 22.6 Å². The maximum atomic E-state index is 12.8. The van der Waals surface area contributed by atoms with Gasteiger partial charge >= 0.3 is 5.97 Å². The SMILES string of the molecule is CC1(C)[C@H](C(=O)O)N2C(=O)/C(=C(\I)c3ccccn3)C2S1(=O)=O. The molecule has 1 N–H and O–H groups in total. The Hall–Kier alpha value is -1.49. The molecule has 9 heteroatoms. The number of pyridine rings is 1. The Morgan fingerprint density at radius 1 is 1.39 bits per heavy atom. The molecule has 122 valence electrons. The van der Waals surface area contributed by atoms with Crippen LogP contribution in [0.5, 0.6) is 0 Å². The van der Waals surface area contributed by atoms with Gasteiger partial charge in [0, 0.05) is 6.20 Å². The number of fused-ring (bicyclic) bond motifs is 1. The van der Waals surface area contributed by atoms with Crippen molar-refractivity contribution in [2.75, 3.05) is 0 Å². The predicted octanol–water partition coefficient (Wildman–Crippen LogP) is 1.06. The van der Waals surface area contributed by atoms with Gasteiger partial charge in [-0.2, -0.15) is 0 Å². The van der Waals surface area contributed by atoms with Crippen LogP contribution < -0.4 is 0 Å². The van der Waals surface area contributed by atoms with Gasteiger partial charge in [-0.05, 0) is 48.6 Å². The van der Waals surface area contributed by atoms with Gasteiger partial charge in [0.1, 0.15) is 4.75 Å². The zero-order valence-corrected chi connectivity index (χ0v) is 15.2. The van der Waals surface area contributed by atoms with E-state index in [9.17, 15) is 23.1 Å². The monoisotopic (exact) mass is 448 g/mol. The summed E-state index contributed by atoms with van der Waals surface area (Å²) in [7, 11) is -3.86. The molecule has 2 aliphatic heterocycles. The van der Waals surface area contributed by atoms with Crippen molar-refractivity contribution in [3.63, 3.8) is 0 Å². The van der Waals surface area contributed by atoms with E-state index in [1.54, 1.807) is 24.4 Å². The highest BCUT2D eigenvalue weighted by molar-refractivity contribution is 14.1. The number of carbonyl (C=O) groups excluding carboxylic acids is 1. The quantitative estimate of drug-likeness (QED) is 0.412. The highest BCUT2D eigenvalue weighted by atomic mass is 127. The molecule has 23 heavy (non-hydrogen) atoms. The van der Waals surface area contributed by atoms with E-state index in [2.05, 4.69) is 4.98 Å². The van der Waals surface area contributed by atoms with Crippen molar-refractivity contribution >= 4 is 47.9 Å². The molecule has 3 heterocycles. The molecule has 1 amide bonds. The molecule has 1 aromatic heterocycles. The summed E-state index contributed by atoms with van der Waals surface area (Å²) in [6, 6.07) is 3.73. The van der Waals surface area contributed by atoms with Crippen LogP contribution in [0.4, 0.5) is 0 Å². The van der Waals surface area contributed by atoms with E-state index in [4.69, 9.17) is 0 Å². The van der Waals surface area contributed by atoms with Crippen LogP contribution in [0.1, 0.15) is 19.5 Å². The zero-order chi connectivity index (χ0) is 17.2. The molecule has 1 unspecified atom stereocenters. The Kier molecular flexibility index (Phi) is 3.56. The van der Waals surface area contributed by atoms with Crippen molar-refractivity contribution in [1.82, 2.24) is 9.88 Å². The summed E-state index contributed by atoms with van der Waals surface area (Å²) in [6.45, 7) is 2.69. The molecular formula is C14H13IN2O5S. The maximum Gasteiger partial charge on any atom is 0.328 e. The van der Waals surface area contributed by atoms with Gasteiger partial charge in [0.25, 0.3) is 5.91 Å². The molecule has 0 spiro atoms. The van der Waals surface area contributed by atoms with Gasteiger partial charge in [-0.25, -0.2) is 13.2 Å². The van der Waals surface area contributed by atoms with Gasteiger partial charge in [0.15, 0.2) is 21.3 Å². The minimum absolute atomic E-state index is 0.0983.